The molecule has 32 heavy (non-hydrogen) atoms. The number of anilines is 1. The van der Waals surface area contributed by atoms with Crippen molar-refractivity contribution in [3.8, 4) is 5.75 Å². The van der Waals surface area contributed by atoms with Gasteiger partial charge in [-0.15, -0.1) is 0 Å². The number of imide groups is 1. The lowest BCUT2D eigenvalue weighted by Gasteiger charge is -2.37. The highest BCUT2D eigenvalue weighted by Gasteiger charge is 2.67. The molecule has 2 bridgehead atoms. The van der Waals surface area contributed by atoms with Gasteiger partial charge in [-0.2, -0.15) is 0 Å². The third-order valence-corrected chi connectivity index (χ3v) is 7.67. The van der Waals surface area contributed by atoms with Gasteiger partial charge in [-0.1, -0.05) is 36.4 Å². The Morgan fingerprint density at radius 1 is 0.969 bits per heavy atom. The van der Waals surface area contributed by atoms with Crippen molar-refractivity contribution >= 4 is 23.4 Å². The SMILES string of the molecule is COc1cccc(C(=O)N(CN2C(=O)[C@@H]3[C@H]4C=C[C@@H]([C@@H]5C[C@@H]45)[C@H]3C2=O)c2ccccc2)c1. The van der Waals surface area contributed by atoms with Crippen molar-refractivity contribution in [2.45, 2.75) is 6.42 Å². The van der Waals surface area contributed by atoms with Crippen molar-refractivity contribution in [3.63, 3.8) is 0 Å². The Labute approximate surface area is 186 Å². The summed E-state index contributed by atoms with van der Waals surface area (Å²) in [5, 5.41) is 0. The van der Waals surface area contributed by atoms with Crippen LogP contribution in [0.5, 0.6) is 5.75 Å². The second-order valence-electron chi connectivity index (χ2n) is 9.20. The number of ether oxygens (including phenoxy) is 1. The van der Waals surface area contributed by atoms with Crippen LogP contribution in [0.4, 0.5) is 5.69 Å². The maximum absolute atomic E-state index is 13.5. The molecule has 5 aliphatic rings. The zero-order valence-electron chi connectivity index (χ0n) is 17.8. The number of allylic oxidation sites excluding steroid dienone is 2. The zero-order chi connectivity index (χ0) is 22.0. The lowest BCUT2D eigenvalue weighted by molar-refractivity contribution is -0.140. The number of likely N-dealkylation sites (tertiary alicyclic amines) is 1. The van der Waals surface area contributed by atoms with Crippen LogP contribution in [0.3, 0.4) is 0 Å². The first kappa shape index (κ1) is 19.3. The Bertz CT molecular complexity index is 1110. The number of benzene rings is 2. The van der Waals surface area contributed by atoms with Gasteiger partial charge >= 0.3 is 0 Å². The van der Waals surface area contributed by atoms with Crippen molar-refractivity contribution in [1.29, 1.82) is 0 Å². The molecule has 1 saturated heterocycles. The third-order valence-electron chi connectivity index (χ3n) is 7.67. The van der Waals surface area contributed by atoms with Crippen LogP contribution in [0, 0.1) is 35.5 Å². The van der Waals surface area contributed by atoms with E-state index in [0.29, 0.717) is 28.8 Å². The molecule has 3 fully saturated rings. The molecule has 2 aromatic rings. The van der Waals surface area contributed by atoms with Crippen LogP contribution in [-0.4, -0.2) is 36.4 Å². The minimum Gasteiger partial charge on any atom is -0.497 e. The van der Waals surface area contributed by atoms with Crippen molar-refractivity contribution in [1.82, 2.24) is 4.90 Å². The van der Waals surface area contributed by atoms with E-state index >= 15 is 0 Å². The summed E-state index contributed by atoms with van der Waals surface area (Å²) >= 11 is 0. The number of amides is 3. The predicted octanol–water partition coefficient (Wildman–Crippen LogP) is 3.35. The second kappa shape index (κ2) is 7.05. The predicted molar refractivity (Wildman–Crippen MR) is 118 cm³/mol. The number of carbonyl (C=O) groups excluding carboxylic acids is 3. The van der Waals surface area contributed by atoms with Crippen LogP contribution < -0.4 is 9.64 Å². The molecule has 2 aromatic carbocycles. The minimum atomic E-state index is -0.283. The molecule has 0 unspecified atom stereocenters. The summed E-state index contributed by atoms with van der Waals surface area (Å²) in [6.45, 7) is -0.0838. The van der Waals surface area contributed by atoms with Gasteiger partial charge in [0.25, 0.3) is 5.91 Å². The van der Waals surface area contributed by atoms with Crippen LogP contribution in [0.1, 0.15) is 16.8 Å². The van der Waals surface area contributed by atoms with E-state index in [2.05, 4.69) is 12.2 Å². The molecule has 6 heteroatoms. The summed E-state index contributed by atoms with van der Waals surface area (Å²) in [7, 11) is 1.55. The summed E-state index contributed by atoms with van der Waals surface area (Å²) in [4.78, 5) is 43.3. The molecule has 1 aliphatic heterocycles. The monoisotopic (exact) mass is 428 g/mol. The molecule has 2 saturated carbocycles. The average Bonchev–Trinajstić information content (AvgIpc) is 3.62. The summed E-state index contributed by atoms with van der Waals surface area (Å²) in [6, 6.07) is 16.1. The van der Waals surface area contributed by atoms with Gasteiger partial charge < -0.3 is 4.74 Å². The molecule has 4 aliphatic carbocycles. The highest BCUT2D eigenvalue weighted by Crippen LogP contribution is 2.65. The molecule has 0 aromatic heterocycles. The lowest BCUT2D eigenvalue weighted by atomic mass is 9.63. The van der Waals surface area contributed by atoms with Crippen LogP contribution in [0.25, 0.3) is 0 Å². The maximum Gasteiger partial charge on any atom is 0.259 e. The number of carbonyl (C=O) groups is 3. The second-order valence-corrected chi connectivity index (χ2v) is 9.20. The Balaban J connectivity index is 1.33. The van der Waals surface area contributed by atoms with E-state index in [0.717, 1.165) is 6.42 Å². The Morgan fingerprint density at radius 2 is 1.62 bits per heavy atom. The number of hydrogen-bond acceptors (Lipinski definition) is 4. The maximum atomic E-state index is 13.5. The van der Waals surface area contributed by atoms with Gasteiger partial charge in [0, 0.05) is 11.3 Å². The highest BCUT2D eigenvalue weighted by atomic mass is 16.5. The number of rotatable bonds is 5. The molecule has 3 amide bonds. The van der Waals surface area contributed by atoms with Crippen LogP contribution in [0.15, 0.2) is 66.7 Å². The highest BCUT2D eigenvalue weighted by molar-refractivity contribution is 6.10. The van der Waals surface area contributed by atoms with E-state index in [9.17, 15) is 14.4 Å². The Morgan fingerprint density at radius 3 is 2.25 bits per heavy atom. The summed E-state index contributed by atoms with van der Waals surface area (Å²) in [5.41, 5.74) is 1.08. The van der Waals surface area contributed by atoms with Gasteiger partial charge in [-0.3, -0.25) is 24.2 Å². The quantitative estimate of drug-likeness (QED) is 0.541. The van der Waals surface area contributed by atoms with E-state index in [1.54, 1.807) is 31.4 Å². The molecule has 6 nitrogen and oxygen atoms in total. The summed E-state index contributed by atoms with van der Waals surface area (Å²) in [6.07, 6.45) is 5.44. The van der Waals surface area contributed by atoms with Crippen LogP contribution >= 0.6 is 0 Å². The average molecular weight is 428 g/mol. The van der Waals surface area contributed by atoms with Gasteiger partial charge in [0.15, 0.2) is 0 Å². The first-order valence-corrected chi connectivity index (χ1v) is 11.1. The third kappa shape index (κ3) is 2.75. The fourth-order valence-electron chi connectivity index (χ4n) is 6.08. The Kier molecular flexibility index (Phi) is 4.25. The molecule has 7 rings (SSSR count). The fourth-order valence-corrected chi connectivity index (χ4v) is 6.08. The van der Waals surface area contributed by atoms with Crippen molar-refractivity contribution in [2.75, 3.05) is 18.7 Å². The molecule has 6 atom stereocenters. The van der Waals surface area contributed by atoms with Gasteiger partial charge in [0.2, 0.25) is 11.8 Å². The number of nitrogens with zero attached hydrogens (tertiary/aromatic N) is 2. The normalized spacial score (nSPS) is 31.3. The summed E-state index contributed by atoms with van der Waals surface area (Å²) < 4.78 is 5.27. The minimum absolute atomic E-state index is 0.0838. The molecular formula is C26H24N2O4. The molecule has 0 N–H and O–H groups in total. The van der Waals surface area contributed by atoms with Crippen molar-refractivity contribution in [3.05, 3.63) is 72.3 Å². The van der Waals surface area contributed by atoms with Crippen molar-refractivity contribution in [2.24, 2.45) is 35.5 Å². The molecular weight excluding hydrogens is 404 g/mol. The van der Waals surface area contributed by atoms with Gasteiger partial charge in [-0.25, -0.2) is 0 Å². The van der Waals surface area contributed by atoms with Gasteiger partial charge in [0.1, 0.15) is 12.4 Å². The largest absolute Gasteiger partial charge is 0.497 e. The number of hydrogen-bond donors (Lipinski definition) is 0. The smallest absolute Gasteiger partial charge is 0.259 e. The van der Waals surface area contributed by atoms with E-state index in [1.807, 2.05) is 30.3 Å². The van der Waals surface area contributed by atoms with Crippen molar-refractivity contribution < 1.29 is 19.1 Å². The van der Waals surface area contributed by atoms with E-state index in [-0.39, 0.29) is 48.1 Å². The molecule has 0 radical (unpaired) electrons. The summed E-state index contributed by atoms with van der Waals surface area (Å²) in [5.74, 6) is 0.897. The zero-order valence-corrected chi connectivity index (χ0v) is 17.8. The lowest BCUT2D eigenvalue weighted by Crippen LogP contribution is -2.45. The number of para-hydroxylation sites is 1. The first-order valence-electron chi connectivity index (χ1n) is 11.1. The van der Waals surface area contributed by atoms with Gasteiger partial charge in [0.05, 0.1) is 18.9 Å². The molecule has 0 spiro atoms. The molecule has 162 valence electrons. The van der Waals surface area contributed by atoms with Crippen LogP contribution in [-0.2, 0) is 9.59 Å². The van der Waals surface area contributed by atoms with E-state index in [1.165, 1.54) is 9.80 Å². The van der Waals surface area contributed by atoms with E-state index in [4.69, 9.17) is 4.74 Å². The Hall–Kier alpha value is -3.41. The fraction of sp³-hybridized carbons (Fsp3) is 0.346. The number of methoxy groups -OCH3 is 1. The standard InChI is InChI=1S/C26H24N2O4/c1-32-17-9-5-6-15(12-17)24(29)27(16-7-3-2-4-8-16)14-28-25(30)22-18-10-11-19(21-13-20(18)21)23(22)26(28)31/h2-12,18-23H,13-14H2,1H3/t18-,19-,20-,21-,22+,23+/m0/s1. The topological polar surface area (TPSA) is 66.9 Å². The van der Waals surface area contributed by atoms with Crippen LogP contribution in [0.2, 0.25) is 0 Å². The first-order chi connectivity index (χ1) is 15.6. The van der Waals surface area contributed by atoms with Gasteiger partial charge in [-0.05, 0) is 60.4 Å². The molecule has 1 heterocycles. The van der Waals surface area contributed by atoms with E-state index < -0.39 is 0 Å².